The number of carbonyl (C=O) groups excluding carboxylic acids is 8. The summed E-state index contributed by atoms with van der Waals surface area (Å²) in [6.45, 7) is 12.6. The number of rotatable bonds is 36. The van der Waals surface area contributed by atoms with Crippen molar-refractivity contribution in [2.45, 2.75) is 173 Å². The third-order valence-corrected chi connectivity index (χ3v) is 14.1. The highest BCUT2D eigenvalue weighted by molar-refractivity contribution is 5.98. The summed E-state index contributed by atoms with van der Waals surface area (Å²) in [4.78, 5) is 127. The molecule has 0 radical (unpaired) electrons. The number of aromatic hydroxyl groups is 1. The van der Waals surface area contributed by atoms with Crippen molar-refractivity contribution in [3.05, 3.63) is 138 Å². The number of aliphatic carboxylic acids is 1. The van der Waals surface area contributed by atoms with E-state index in [-0.39, 0.29) is 75.0 Å². The van der Waals surface area contributed by atoms with Crippen LogP contribution in [-0.4, -0.2) is 136 Å². The van der Waals surface area contributed by atoms with Gasteiger partial charge in [0.1, 0.15) is 54.1 Å². The average Bonchev–Trinajstić information content (AvgIpc) is 2.90. The van der Waals surface area contributed by atoms with Gasteiger partial charge in [0.25, 0.3) is 0 Å². The molecule has 8 amide bonds. The Morgan fingerprint density at radius 3 is 1.10 bits per heavy atom. The second-order valence-corrected chi connectivity index (χ2v) is 23.2. The number of carbonyl (C=O) groups is 9. The highest BCUT2D eigenvalue weighted by Gasteiger charge is 2.37. The van der Waals surface area contributed by atoms with E-state index >= 15 is 0 Å². The first-order valence-electron chi connectivity index (χ1n) is 29.5. The Morgan fingerprint density at radius 1 is 0.395 bits per heavy atom. The number of carboxylic acid groups (broad SMARTS) is 1. The Balaban J connectivity index is 1.68. The van der Waals surface area contributed by atoms with Gasteiger partial charge in [0.2, 0.25) is 47.3 Å². The Bertz CT molecular complexity index is 2810. The standard InChI is InChI=1S/C64H90N10O12/c1-38(2)31-47(66)56(77)68-53(36-44-23-15-10-16-24-44)62(83)74-55(41(7)75)63(84)67-48(25-17-18-30-65)57(78)70-50(34-42-19-11-8-12-20-42)60(81)71-51(35-43-21-13-9-14-22-43)61(82)72-52(37-45-26-28-46(76)29-27-45)59(80)69-49(32-39(3)4)58(79)73-54(64(85)86)33-40(5)6/h8-16,19-24,26-29,38-41,47-55,75-76H,17-18,25,30-37,65-66H2,1-7H3,(H,67,84)(H,68,77)(H,69,80)(H,70,78)(H,71,81)(H,72,82)(H,73,79)(H,74,83)(H,85,86)/t41-,47+,48+,49+,50+,51+,52+,53+,54+,55+/m1/s1. The number of amides is 8. The van der Waals surface area contributed by atoms with Crippen LogP contribution >= 0.6 is 0 Å². The normalized spacial score (nSPS) is 14.8. The van der Waals surface area contributed by atoms with Crippen molar-refractivity contribution in [3.8, 4) is 5.75 Å². The minimum absolute atomic E-state index is 0.00333. The first-order valence-corrected chi connectivity index (χ1v) is 29.5. The van der Waals surface area contributed by atoms with E-state index in [4.69, 9.17) is 11.5 Å². The number of nitrogens with two attached hydrogens (primary N) is 2. The number of phenols is 1. The van der Waals surface area contributed by atoms with Crippen LogP contribution < -0.4 is 54.0 Å². The lowest BCUT2D eigenvalue weighted by Gasteiger charge is -2.29. The summed E-state index contributed by atoms with van der Waals surface area (Å²) in [5.41, 5.74) is 14.4. The number of nitrogens with one attached hydrogen (secondary N) is 8. The van der Waals surface area contributed by atoms with E-state index in [0.717, 1.165) is 0 Å². The molecule has 0 spiro atoms. The van der Waals surface area contributed by atoms with Crippen LogP contribution in [0.1, 0.15) is 109 Å². The summed E-state index contributed by atoms with van der Waals surface area (Å²) in [6, 6.07) is 20.2. The molecule has 0 saturated carbocycles. The summed E-state index contributed by atoms with van der Waals surface area (Å²) < 4.78 is 0. The number of hydrogen-bond acceptors (Lipinski definition) is 13. The molecule has 4 rings (SSSR count). The Labute approximate surface area is 504 Å². The van der Waals surface area contributed by atoms with Crippen LogP contribution in [0.4, 0.5) is 0 Å². The first-order chi connectivity index (χ1) is 40.8. The van der Waals surface area contributed by atoms with Crippen molar-refractivity contribution in [2.75, 3.05) is 6.54 Å². The minimum atomic E-state index is -1.65. The van der Waals surface area contributed by atoms with Crippen LogP contribution in [0.15, 0.2) is 115 Å². The summed E-state index contributed by atoms with van der Waals surface area (Å²) in [6.07, 6.45) is -0.595. The zero-order chi connectivity index (χ0) is 63.5. The predicted molar refractivity (Wildman–Crippen MR) is 326 cm³/mol. The van der Waals surface area contributed by atoms with E-state index in [2.05, 4.69) is 42.5 Å². The molecule has 0 aromatic heterocycles. The van der Waals surface area contributed by atoms with Gasteiger partial charge in [0, 0.05) is 25.7 Å². The van der Waals surface area contributed by atoms with Gasteiger partial charge in [-0.3, -0.25) is 38.4 Å². The van der Waals surface area contributed by atoms with Crippen LogP contribution in [-0.2, 0) is 68.8 Å². The molecule has 0 aliphatic heterocycles. The lowest BCUT2D eigenvalue weighted by Crippen LogP contribution is -2.62. The minimum Gasteiger partial charge on any atom is -0.508 e. The van der Waals surface area contributed by atoms with Crippen molar-refractivity contribution < 1.29 is 58.5 Å². The third-order valence-electron chi connectivity index (χ3n) is 14.1. The van der Waals surface area contributed by atoms with Gasteiger partial charge in [-0.15, -0.1) is 0 Å². The van der Waals surface area contributed by atoms with Gasteiger partial charge in [-0.05, 0) is 104 Å². The van der Waals surface area contributed by atoms with Crippen molar-refractivity contribution in [1.82, 2.24) is 42.5 Å². The molecule has 22 heteroatoms. The molecule has 0 unspecified atom stereocenters. The fourth-order valence-electron chi connectivity index (χ4n) is 9.59. The van der Waals surface area contributed by atoms with Crippen LogP contribution in [0.2, 0.25) is 0 Å². The molecule has 0 fully saturated rings. The lowest BCUT2D eigenvalue weighted by atomic mass is 9.99. The first kappa shape index (κ1) is 70.3. The second kappa shape index (κ2) is 35.9. The predicted octanol–water partition coefficient (Wildman–Crippen LogP) is 2.60. The van der Waals surface area contributed by atoms with Crippen LogP contribution in [0.3, 0.4) is 0 Å². The van der Waals surface area contributed by atoms with Crippen molar-refractivity contribution in [3.63, 3.8) is 0 Å². The van der Waals surface area contributed by atoms with Gasteiger partial charge in [-0.1, -0.05) is 145 Å². The summed E-state index contributed by atoms with van der Waals surface area (Å²) in [5, 5.41) is 52.7. The monoisotopic (exact) mass is 1190 g/mol. The number of aliphatic hydroxyl groups is 1. The molecular weight excluding hydrogens is 1100 g/mol. The number of aliphatic hydroxyl groups excluding tert-OH is 1. The zero-order valence-electron chi connectivity index (χ0n) is 50.4. The molecule has 4 aromatic rings. The third kappa shape index (κ3) is 24.8. The van der Waals surface area contributed by atoms with Gasteiger partial charge in [-0.2, -0.15) is 0 Å². The van der Waals surface area contributed by atoms with E-state index in [0.29, 0.717) is 41.5 Å². The Morgan fingerprint density at radius 2 is 0.721 bits per heavy atom. The highest BCUT2D eigenvalue weighted by atomic mass is 16.4. The molecule has 4 aromatic carbocycles. The lowest BCUT2D eigenvalue weighted by molar-refractivity contribution is -0.143. The molecule has 86 heavy (non-hydrogen) atoms. The molecule has 0 aliphatic carbocycles. The van der Waals surface area contributed by atoms with Crippen molar-refractivity contribution >= 4 is 53.2 Å². The number of carboxylic acids is 1. The molecule has 468 valence electrons. The zero-order valence-corrected chi connectivity index (χ0v) is 50.4. The number of hydrogen-bond donors (Lipinski definition) is 13. The van der Waals surface area contributed by atoms with E-state index in [9.17, 15) is 58.5 Å². The highest BCUT2D eigenvalue weighted by Crippen LogP contribution is 2.16. The number of phenolic OH excluding ortho intramolecular Hbond substituents is 1. The number of benzene rings is 4. The smallest absolute Gasteiger partial charge is 0.326 e. The maximum atomic E-state index is 14.9. The van der Waals surface area contributed by atoms with Gasteiger partial charge >= 0.3 is 5.97 Å². The molecule has 0 aliphatic rings. The van der Waals surface area contributed by atoms with E-state index in [1.165, 1.54) is 19.1 Å². The van der Waals surface area contributed by atoms with Crippen LogP contribution in [0.25, 0.3) is 0 Å². The van der Waals surface area contributed by atoms with Gasteiger partial charge in [-0.25, -0.2) is 4.79 Å². The maximum Gasteiger partial charge on any atom is 0.326 e. The largest absolute Gasteiger partial charge is 0.508 e. The van der Waals surface area contributed by atoms with Gasteiger partial charge < -0.3 is 69.3 Å². The van der Waals surface area contributed by atoms with Crippen LogP contribution in [0, 0.1) is 17.8 Å². The fraction of sp³-hybridized carbons (Fsp3) is 0.484. The summed E-state index contributed by atoms with van der Waals surface area (Å²) in [7, 11) is 0. The number of unbranched alkanes of at least 4 members (excludes halogenated alkanes) is 1. The topological polar surface area (TPSA) is 363 Å². The molecule has 10 atom stereocenters. The average molecular weight is 1190 g/mol. The van der Waals surface area contributed by atoms with E-state index in [1.54, 1.807) is 103 Å². The quantitative estimate of drug-likeness (QED) is 0.0291. The Hall–Kier alpha value is -8.21. The van der Waals surface area contributed by atoms with Crippen LogP contribution in [0.5, 0.6) is 5.75 Å². The van der Waals surface area contributed by atoms with Crippen molar-refractivity contribution in [1.29, 1.82) is 0 Å². The molecular formula is C64H90N10O12. The summed E-state index contributed by atoms with van der Waals surface area (Å²) in [5.74, 6) is -7.86. The van der Waals surface area contributed by atoms with Gasteiger partial charge in [0.15, 0.2) is 0 Å². The van der Waals surface area contributed by atoms with Crippen molar-refractivity contribution in [2.24, 2.45) is 29.2 Å². The summed E-state index contributed by atoms with van der Waals surface area (Å²) >= 11 is 0. The Kier molecular flexibility index (Phi) is 29.4. The van der Waals surface area contributed by atoms with E-state index in [1.807, 2.05) is 41.5 Å². The van der Waals surface area contributed by atoms with E-state index < -0.39 is 114 Å². The SMILES string of the molecule is CC(C)C[C@H](NC(=O)[C@H](CC(C)C)NC(=O)[C@H](Cc1ccc(O)cc1)NC(=O)[C@H](Cc1ccccc1)NC(=O)[C@H](Cc1ccccc1)NC(=O)[C@H](CCCCN)NC(=O)[C@@H](NC(=O)[C@H](Cc1ccccc1)NC(=O)[C@@H](N)CC(C)C)[C@@H](C)O)C(=O)O. The maximum absolute atomic E-state index is 14.9. The molecule has 0 heterocycles. The molecule has 0 saturated heterocycles. The second-order valence-electron chi connectivity index (χ2n) is 23.2. The fourth-order valence-corrected chi connectivity index (χ4v) is 9.59. The molecule has 15 N–H and O–H groups in total. The molecule has 22 nitrogen and oxygen atoms in total. The van der Waals surface area contributed by atoms with Gasteiger partial charge in [0.05, 0.1) is 12.1 Å². The molecule has 0 bridgehead atoms.